The topological polar surface area (TPSA) is 54.6 Å². The molecule has 0 radical (unpaired) electrons. The van der Waals surface area contributed by atoms with Crippen molar-refractivity contribution in [2.45, 2.75) is 38.1 Å². The summed E-state index contributed by atoms with van der Waals surface area (Å²) in [6.45, 7) is 4.09. The second-order valence-electron chi connectivity index (χ2n) is 6.94. The summed E-state index contributed by atoms with van der Waals surface area (Å²) in [5.74, 6) is 1.46. The zero-order valence-corrected chi connectivity index (χ0v) is 14.9. The first-order chi connectivity index (χ1) is 12.3. The lowest BCUT2D eigenvalue weighted by Crippen LogP contribution is -2.51. The van der Waals surface area contributed by atoms with Gasteiger partial charge in [-0.2, -0.15) is 4.98 Å². The van der Waals surface area contributed by atoms with Gasteiger partial charge in [-0.3, -0.25) is 4.90 Å². The summed E-state index contributed by atoms with van der Waals surface area (Å²) in [4.78, 5) is 9.44. The van der Waals surface area contributed by atoms with Crippen molar-refractivity contribution in [3.05, 3.63) is 24.3 Å². The van der Waals surface area contributed by atoms with E-state index >= 15 is 0 Å². The third-order valence-electron chi connectivity index (χ3n) is 5.44. The van der Waals surface area contributed by atoms with Gasteiger partial charge in [0.15, 0.2) is 0 Å². The van der Waals surface area contributed by atoms with Gasteiger partial charge >= 0.3 is 6.01 Å². The Balaban J connectivity index is 1.37. The molecule has 2 heterocycles. The Labute approximate surface area is 148 Å². The number of piperazine rings is 1. The molecule has 0 amide bonds. The van der Waals surface area contributed by atoms with Gasteiger partial charge in [-0.15, -0.1) is 0 Å². The molecule has 0 N–H and O–H groups in total. The fourth-order valence-electron chi connectivity index (χ4n) is 3.93. The van der Waals surface area contributed by atoms with Crippen molar-refractivity contribution in [2.75, 3.05) is 38.2 Å². The molecule has 4 rings (SSSR count). The van der Waals surface area contributed by atoms with Gasteiger partial charge in [0.2, 0.25) is 5.82 Å². The zero-order valence-electron chi connectivity index (χ0n) is 14.9. The largest absolute Gasteiger partial charge is 0.497 e. The Hall–Kier alpha value is -2.08. The minimum Gasteiger partial charge on any atom is -0.497 e. The number of aromatic nitrogens is 2. The first-order valence-corrected chi connectivity index (χ1v) is 9.30. The van der Waals surface area contributed by atoms with E-state index in [9.17, 15) is 0 Å². The molecule has 1 saturated heterocycles. The van der Waals surface area contributed by atoms with E-state index in [0.29, 0.717) is 11.8 Å². The number of rotatable bonds is 4. The molecule has 1 saturated carbocycles. The third kappa shape index (κ3) is 3.63. The zero-order chi connectivity index (χ0) is 17.1. The summed E-state index contributed by atoms with van der Waals surface area (Å²) in [6.07, 6.45) is 6.91. The highest BCUT2D eigenvalue weighted by molar-refractivity contribution is 5.56. The van der Waals surface area contributed by atoms with Crippen LogP contribution in [0.2, 0.25) is 0 Å². The van der Waals surface area contributed by atoms with Crippen LogP contribution in [0, 0.1) is 0 Å². The van der Waals surface area contributed by atoms with E-state index in [-0.39, 0.29) is 0 Å². The van der Waals surface area contributed by atoms with Gasteiger partial charge in [0, 0.05) is 37.8 Å². The monoisotopic (exact) mass is 342 g/mol. The van der Waals surface area contributed by atoms with Crippen LogP contribution in [0.25, 0.3) is 11.4 Å². The van der Waals surface area contributed by atoms with Crippen molar-refractivity contribution in [1.82, 2.24) is 15.0 Å². The Morgan fingerprint density at radius 1 is 1.00 bits per heavy atom. The van der Waals surface area contributed by atoms with Gasteiger partial charge < -0.3 is 14.2 Å². The molecule has 2 fully saturated rings. The van der Waals surface area contributed by atoms with Gasteiger partial charge in [0.05, 0.1) is 7.11 Å². The van der Waals surface area contributed by atoms with Crippen molar-refractivity contribution in [2.24, 2.45) is 0 Å². The lowest BCUT2D eigenvalue weighted by molar-refractivity contribution is 0.145. The Kier molecular flexibility index (Phi) is 4.88. The molecule has 6 heteroatoms. The minimum atomic E-state index is 0.632. The Morgan fingerprint density at radius 3 is 2.40 bits per heavy atom. The highest BCUT2D eigenvalue weighted by Gasteiger charge is 2.27. The van der Waals surface area contributed by atoms with Gasteiger partial charge in [-0.1, -0.05) is 24.4 Å². The van der Waals surface area contributed by atoms with Crippen molar-refractivity contribution >= 4 is 6.01 Å². The maximum atomic E-state index is 5.51. The first kappa shape index (κ1) is 16.4. The smallest absolute Gasteiger partial charge is 0.324 e. The van der Waals surface area contributed by atoms with E-state index in [1.165, 1.54) is 32.1 Å². The van der Waals surface area contributed by atoms with Crippen LogP contribution in [-0.4, -0.2) is 54.4 Å². The fourth-order valence-corrected chi connectivity index (χ4v) is 3.93. The van der Waals surface area contributed by atoms with Crippen molar-refractivity contribution < 1.29 is 9.26 Å². The number of hydrogen-bond acceptors (Lipinski definition) is 6. The van der Waals surface area contributed by atoms with E-state index in [4.69, 9.17) is 9.26 Å². The minimum absolute atomic E-state index is 0.632. The average Bonchev–Trinajstić information content (AvgIpc) is 3.19. The average molecular weight is 342 g/mol. The second kappa shape index (κ2) is 7.44. The lowest BCUT2D eigenvalue weighted by Gasteiger charge is -2.40. The predicted molar refractivity (Wildman–Crippen MR) is 96.9 cm³/mol. The molecule has 25 heavy (non-hydrogen) atoms. The van der Waals surface area contributed by atoms with Crippen LogP contribution in [0.1, 0.15) is 32.1 Å². The van der Waals surface area contributed by atoms with Crippen molar-refractivity contribution in [3.63, 3.8) is 0 Å². The van der Waals surface area contributed by atoms with E-state index < -0.39 is 0 Å². The van der Waals surface area contributed by atoms with Crippen LogP contribution < -0.4 is 9.64 Å². The molecule has 1 aromatic heterocycles. The number of hydrogen-bond donors (Lipinski definition) is 0. The summed E-state index contributed by atoms with van der Waals surface area (Å²) < 4.78 is 10.7. The van der Waals surface area contributed by atoms with E-state index in [0.717, 1.165) is 43.5 Å². The van der Waals surface area contributed by atoms with Crippen LogP contribution in [0.5, 0.6) is 5.75 Å². The second-order valence-corrected chi connectivity index (χ2v) is 6.94. The van der Waals surface area contributed by atoms with Crippen LogP contribution in [-0.2, 0) is 0 Å². The van der Waals surface area contributed by atoms with Gasteiger partial charge in [-0.25, -0.2) is 0 Å². The van der Waals surface area contributed by atoms with Crippen LogP contribution in [0.4, 0.5) is 6.01 Å². The number of methoxy groups -OCH3 is 1. The molecule has 0 atom stereocenters. The molecule has 0 bridgehead atoms. The number of nitrogens with zero attached hydrogens (tertiary/aromatic N) is 4. The third-order valence-corrected chi connectivity index (χ3v) is 5.44. The van der Waals surface area contributed by atoms with Crippen LogP contribution in [0.3, 0.4) is 0 Å². The van der Waals surface area contributed by atoms with Crippen molar-refractivity contribution in [1.29, 1.82) is 0 Å². The molecule has 134 valence electrons. The standard InChI is InChI=1S/C19H26N4O2/c1-24-17-9-7-15(8-10-17)18-20-19(25-21-18)23-13-11-22(12-14-23)16-5-3-2-4-6-16/h7-10,16H,2-6,11-14H2,1H3. The van der Waals surface area contributed by atoms with Gasteiger partial charge in [0.25, 0.3) is 0 Å². The Bertz CT molecular complexity index is 671. The molecule has 6 nitrogen and oxygen atoms in total. The molecule has 1 aromatic carbocycles. The van der Waals surface area contributed by atoms with Gasteiger partial charge in [-0.05, 0) is 37.1 Å². The molecule has 2 aliphatic rings. The van der Waals surface area contributed by atoms with E-state index in [1.807, 2.05) is 24.3 Å². The predicted octanol–water partition coefficient (Wildman–Crippen LogP) is 3.20. The van der Waals surface area contributed by atoms with Crippen molar-refractivity contribution in [3.8, 4) is 17.1 Å². The molecule has 1 aliphatic carbocycles. The quantitative estimate of drug-likeness (QED) is 0.850. The maximum absolute atomic E-state index is 5.51. The summed E-state index contributed by atoms with van der Waals surface area (Å²) in [5, 5.41) is 4.14. The number of ether oxygens (including phenoxy) is 1. The van der Waals surface area contributed by atoms with E-state index in [2.05, 4.69) is 19.9 Å². The highest BCUT2D eigenvalue weighted by Crippen LogP contribution is 2.26. The SMILES string of the molecule is COc1ccc(-c2noc(N3CCN(C4CCCCC4)CC3)n2)cc1. The lowest BCUT2D eigenvalue weighted by atomic mass is 9.94. The molecule has 0 unspecified atom stereocenters. The Morgan fingerprint density at radius 2 is 1.72 bits per heavy atom. The first-order valence-electron chi connectivity index (χ1n) is 9.30. The normalized spacial score (nSPS) is 20.0. The molecule has 1 aliphatic heterocycles. The summed E-state index contributed by atoms with van der Waals surface area (Å²) >= 11 is 0. The summed E-state index contributed by atoms with van der Waals surface area (Å²) in [6, 6.07) is 9.15. The fraction of sp³-hybridized carbons (Fsp3) is 0.579. The highest BCUT2D eigenvalue weighted by atomic mass is 16.5. The molecular weight excluding hydrogens is 316 g/mol. The molecule has 2 aromatic rings. The maximum Gasteiger partial charge on any atom is 0.324 e. The molecule has 0 spiro atoms. The van der Waals surface area contributed by atoms with E-state index in [1.54, 1.807) is 7.11 Å². The van der Waals surface area contributed by atoms with Crippen LogP contribution in [0.15, 0.2) is 28.8 Å². The number of benzene rings is 1. The van der Waals surface area contributed by atoms with Crippen LogP contribution >= 0.6 is 0 Å². The summed E-state index contributed by atoms with van der Waals surface area (Å²) in [7, 11) is 1.66. The van der Waals surface area contributed by atoms with Gasteiger partial charge in [0.1, 0.15) is 5.75 Å². The number of anilines is 1. The summed E-state index contributed by atoms with van der Waals surface area (Å²) in [5.41, 5.74) is 0.941. The molecular formula is C19H26N4O2.